The summed E-state index contributed by atoms with van der Waals surface area (Å²) in [4.78, 5) is 13.7. The highest BCUT2D eigenvalue weighted by atomic mass is 16.4. The summed E-state index contributed by atoms with van der Waals surface area (Å²) in [5.41, 5.74) is 2.99. The average Bonchev–Trinajstić information content (AvgIpc) is 2.65. The molecule has 140 valence electrons. The Kier molecular flexibility index (Phi) is 7.82. The minimum atomic E-state index is -0.822. The number of hydrogen-bond donors (Lipinski definition) is 2. The topological polar surface area (TPSA) is 60.8 Å². The Morgan fingerprint density at radius 3 is 2.23 bits per heavy atom. The second-order valence-corrected chi connectivity index (χ2v) is 6.60. The minimum Gasteiger partial charge on any atom is -0.481 e. The van der Waals surface area contributed by atoms with Crippen molar-refractivity contribution in [3.8, 4) is 0 Å². The summed E-state index contributed by atoms with van der Waals surface area (Å²) in [5, 5.41) is 19.9. The molecule has 0 radical (unpaired) electrons. The summed E-state index contributed by atoms with van der Waals surface area (Å²) in [6.45, 7) is 6.60. The Hall–Kier alpha value is -2.17. The van der Waals surface area contributed by atoms with Crippen LogP contribution in [0.5, 0.6) is 0 Å². The van der Waals surface area contributed by atoms with Gasteiger partial charge in [0.2, 0.25) is 0 Å². The molecule has 0 aliphatic carbocycles. The quantitative estimate of drug-likeness (QED) is 0.684. The third kappa shape index (κ3) is 5.68. The minimum absolute atomic E-state index is 0.0349. The van der Waals surface area contributed by atoms with Crippen LogP contribution < -0.4 is 0 Å². The molecular formula is C22H29NO3. The number of rotatable bonds is 10. The molecule has 0 spiro atoms. The summed E-state index contributed by atoms with van der Waals surface area (Å²) >= 11 is 0. The Bertz CT molecular complexity index is 683. The van der Waals surface area contributed by atoms with Gasteiger partial charge in [-0.05, 0) is 36.2 Å². The van der Waals surface area contributed by atoms with E-state index in [1.165, 1.54) is 0 Å². The first-order valence-electron chi connectivity index (χ1n) is 9.30. The lowest BCUT2D eigenvalue weighted by Crippen LogP contribution is -2.33. The maximum absolute atomic E-state index is 11.5. The highest BCUT2D eigenvalue weighted by Gasteiger charge is 2.21. The fraction of sp³-hybridized carbons (Fsp3) is 0.409. The number of carboxylic acid groups (broad SMARTS) is 1. The number of aliphatic hydroxyl groups is 1. The largest absolute Gasteiger partial charge is 0.481 e. The van der Waals surface area contributed by atoms with Gasteiger partial charge in [-0.15, -0.1) is 0 Å². The summed E-state index contributed by atoms with van der Waals surface area (Å²) in [6, 6.07) is 17.6. The number of nitrogens with zero attached hydrogens (tertiary/aromatic N) is 1. The molecule has 2 rings (SSSR count). The van der Waals surface area contributed by atoms with Crippen LogP contribution in [0.2, 0.25) is 0 Å². The van der Waals surface area contributed by atoms with Gasteiger partial charge in [0.1, 0.15) is 0 Å². The number of carbonyl (C=O) groups is 1. The van der Waals surface area contributed by atoms with Crippen molar-refractivity contribution >= 4 is 5.97 Å². The Morgan fingerprint density at radius 1 is 1.00 bits per heavy atom. The third-order valence-corrected chi connectivity index (χ3v) is 4.83. The molecule has 0 saturated carbocycles. The van der Waals surface area contributed by atoms with E-state index in [9.17, 15) is 15.0 Å². The second kappa shape index (κ2) is 10.1. The number of aliphatic hydroxyl groups excluding tert-OH is 1. The Morgan fingerprint density at radius 2 is 1.62 bits per heavy atom. The molecule has 4 heteroatoms. The van der Waals surface area contributed by atoms with Crippen molar-refractivity contribution in [1.29, 1.82) is 0 Å². The molecule has 4 nitrogen and oxygen atoms in total. The first kappa shape index (κ1) is 20.1. The van der Waals surface area contributed by atoms with E-state index in [-0.39, 0.29) is 12.3 Å². The molecule has 2 aromatic carbocycles. The Labute approximate surface area is 156 Å². The smallest absolute Gasteiger partial charge is 0.304 e. The SMILES string of the molecule is CCN(CC)CC(O)Cc1ccccc1C(CC(=O)O)c1ccccc1. The lowest BCUT2D eigenvalue weighted by atomic mass is 9.84. The zero-order valence-corrected chi connectivity index (χ0v) is 15.6. The van der Waals surface area contributed by atoms with Crippen molar-refractivity contribution < 1.29 is 15.0 Å². The van der Waals surface area contributed by atoms with Gasteiger partial charge in [0.15, 0.2) is 0 Å². The maximum atomic E-state index is 11.5. The maximum Gasteiger partial charge on any atom is 0.304 e. The zero-order chi connectivity index (χ0) is 18.9. The van der Waals surface area contributed by atoms with Gasteiger partial charge in [-0.3, -0.25) is 4.79 Å². The van der Waals surface area contributed by atoms with E-state index in [0.717, 1.165) is 29.8 Å². The highest BCUT2D eigenvalue weighted by molar-refractivity contribution is 5.69. The Balaban J connectivity index is 2.28. The molecule has 2 N–H and O–H groups in total. The summed E-state index contributed by atoms with van der Waals surface area (Å²) in [7, 11) is 0. The molecule has 0 amide bonds. The van der Waals surface area contributed by atoms with E-state index in [2.05, 4.69) is 18.7 Å². The molecule has 0 saturated heterocycles. The lowest BCUT2D eigenvalue weighted by Gasteiger charge is -2.24. The van der Waals surface area contributed by atoms with Gasteiger partial charge >= 0.3 is 5.97 Å². The van der Waals surface area contributed by atoms with E-state index < -0.39 is 12.1 Å². The molecule has 0 fully saturated rings. The standard InChI is InChI=1S/C22H29NO3/c1-3-23(4-2)16-19(24)14-18-12-8-9-13-20(18)21(15-22(25)26)17-10-6-5-7-11-17/h5-13,19,21,24H,3-4,14-16H2,1-2H3,(H,25,26). The van der Waals surface area contributed by atoms with Crippen molar-refractivity contribution in [2.75, 3.05) is 19.6 Å². The third-order valence-electron chi connectivity index (χ3n) is 4.83. The summed E-state index contributed by atoms with van der Waals surface area (Å²) < 4.78 is 0. The second-order valence-electron chi connectivity index (χ2n) is 6.60. The van der Waals surface area contributed by atoms with Gasteiger partial charge < -0.3 is 15.1 Å². The number of benzene rings is 2. The molecule has 0 aliphatic rings. The van der Waals surface area contributed by atoms with Gasteiger partial charge in [0.05, 0.1) is 12.5 Å². The van der Waals surface area contributed by atoms with E-state index in [0.29, 0.717) is 13.0 Å². The molecule has 2 aromatic rings. The van der Waals surface area contributed by atoms with Crippen molar-refractivity contribution in [1.82, 2.24) is 4.90 Å². The molecule has 0 aromatic heterocycles. The summed E-state index contributed by atoms with van der Waals surface area (Å²) in [6.07, 6.45) is 0.0836. The van der Waals surface area contributed by atoms with Crippen LogP contribution in [0.3, 0.4) is 0 Å². The molecule has 0 bridgehead atoms. The molecule has 2 unspecified atom stereocenters. The van der Waals surface area contributed by atoms with Crippen molar-refractivity contribution in [3.05, 3.63) is 71.3 Å². The zero-order valence-electron chi connectivity index (χ0n) is 15.6. The van der Waals surface area contributed by atoms with E-state index in [1.807, 2.05) is 54.6 Å². The van der Waals surface area contributed by atoms with Crippen LogP contribution in [0, 0.1) is 0 Å². The monoisotopic (exact) mass is 355 g/mol. The lowest BCUT2D eigenvalue weighted by molar-refractivity contribution is -0.137. The fourth-order valence-corrected chi connectivity index (χ4v) is 3.43. The fourth-order valence-electron chi connectivity index (χ4n) is 3.43. The van der Waals surface area contributed by atoms with Gasteiger partial charge in [-0.25, -0.2) is 0 Å². The predicted octanol–water partition coefficient (Wildman–Crippen LogP) is 3.54. The highest BCUT2D eigenvalue weighted by Crippen LogP contribution is 2.31. The number of aliphatic carboxylic acids is 1. The first-order chi connectivity index (χ1) is 12.5. The van der Waals surface area contributed by atoms with Crippen LogP contribution in [0.1, 0.15) is 42.9 Å². The predicted molar refractivity (Wildman–Crippen MR) is 104 cm³/mol. The van der Waals surface area contributed by atoms with Crippen molar-refractivity contribution in [2.45, 2.75) is 38.7 Å². The van der Waals surface area contributed by atoms with Crippen LogP contribution in [0.25, 0.3) is 0 Å². The van der Waals surface area contributed by atoms with Crippen LogP contribution in [0.15, 0.2) is 54.6 Å². The number of hydrogen-bond acceptors (Lipinski definition) is 3. The number of carboxylic acids is 1. The van der Waals surface area contributed by atoms with Crippen LogP contribution >= 0.6 is 0 Å². The molecule has 0 heterocycles. The molecule has 26 heavy (non-hydrogen) atoms. The van der Waals surface area contributed by atoms with E-state index >= 15 is 0 Å². The normalized spacial score (nSPS) is 13.5. The van der Waals surface area contributed by atoms with E-state index in [1.54, 1.807) is 0 Å². The van der Waals surface area contributed by atoms with Gasteiger partial charge in [0.25, 0.3) is 0 Å². The van der Waals surface area contributed by atoms with Gasteiger partial charge in [-0.1, -0.05) is 68.4 Å². The first-order valence-corrected chi connectivity index (χ1v) is 9.30. The van der Waals surface area contributed by atoms with E-state index in [4.69, 9.17) is 0 Å². The van der Waals surface area contributed by atoms with Gasteiger partial charge in [-0.2, -0.15) is 0 Å². The van der Waals surface area contributed by atoms with Crippen molar-refractivity contribution in [2.24, 2.45) is 0 Å². The molecular weight excluding hydrogens is 326 g/mol. The van der Waals surface area contributed by atoms with Crippen LogP contribution in [-0.2, 0) is 11.2 Å². The van der Waals surface area contributed by atoms with Crippen LogP contribution in [0.4, 0.5) is 0 Å². The molecule has 2 atom stereocenters. The average molecular weight is 355 g/mol. The van der Waals surface area contributed by atoms with Crippen LogP contribution in [-0.4, -0.2) is 46.8 Å². The number of likely N-dealkylation sites (N-methyl/N-ethyl adjacent to an activating group) is 1. The van der Waals surface area contributed by atoms with Gasteiger partial charge in [0, 0.05) is 12.5 Å². The molecule has 0 aliphatic heterocycles. The summed E-state index contributed by atoms with van der Waals surface area (Å²) in [5.74, 6) is -1.04. The van der Waals surface area contributed by atoms with Crippen molar-refractivity contribution in [3.63, 3.8) is 0 Å².